The molecule has 2 aromatic rings. The first-order valence-electron chi connectivity index (χ1n) is 7.10. The molecule has 2 N–H and O–H groups in total. The fraction of sp³-hybridized carbons (Fsp3) is 0.438. The third kappa shape index (κ3) is 3.66. The molecule has 1 heterocycles. The van der Waals surface area contributed by atoms with E-state index < -0.39 is 0 Å². The summed E-state index contributed by atoms with van der Waals surface area (Å²) in [5.74, 6) is 0.839. The third-order valence-electron chi connectivity index (χ3n) is 3.59. The average Bonchev–Trinajstić information content (AvgIpc) is 2.87. The Bertz CT molecular complexity index is 601. The molecule has 2 unspecified atom stereocenters. The molecule has 114 valence electrons. The fourth-order valence-electron chi connectivity index (χ4n) is 2.32. The molecule has 0 fully saturated rings. The lowest BCUT2D eigenvalue weighted by molar-refractivity contribution is 0.171. The van der Waals surface area contributed by atoms with E-state index in [1.807, 2.05) is 31.6 Å². The summed E-state index contributed by atoms with van der Waals surface area (Å²) < 4.78 is 9.07. The van der Waals surface area contributed by atoms with Crippen LogP contribution in [-0.2, 0) is 7.05 Å². The van der Waals surface area contributed by atoms with E-state index in [0.29, 0.717) is 0 Å². The van der Waals surface area contributed by atoms with Gasteiger partial charge in [0.25, 0.3) is 0 Å². The Morgan fingerprint density at radius 1 is 1.33 bits per heavy atom. The minimum absolute atomic E-state index is 0.0709. The Labute approximate surface area is 134 Å². The summed E-state index contributed by atoms with van der Waals surface area (Å²) in [6.45, 7) is 6.18. The van der Waals surface area contributed by atoms with Gasteiger partial charge < -0.3 is 10.5 Å². The van der Waals surface area contributed by atoms with Crippen molar-refractivity contribution in [1.82, 2.24) is 9.78 Å². The standard InChI is InChI=1S/C16H22BrN3O/c1-5-14(18)16(12-8-19-20(4)9-12)21-13-6-10(2)15(17)11(3)7-13/h6-9,14,16H,5,18H2,1-4H3. The largest absolute Gasteiger partial charge is 0.484 e. The van der Waals surface area contributed by atoms with Gasteiger partial charge in [0.15, 0.2) is 0 Å². The number of halogens is 1. The highest BCUT2D eigenvalue weighted by Crippen LogP contribution is 2.30. The molecule has 1 aromatic carbocycles. The predicted molar refractivity (Wildman–Crippen MR) is 88.5 cm³/mol. The number of ether oxygens (including phenoxy) is 1. The number of hydrogen-bond acceptors (Lipinski definition) is 3. The van der Waals surface area contributed by atoms with E-state index in [9.17, 15) is 0 Å². The van der Waals surface area contributed by atoms with Gasteiger partial charge in [0.05, 0.1) is 6.20 Å². The number of benzene rings is 1. The minimum Gasteiger partial charge on any atom is -0.484 e. The van der Waals surface area contributed by atoms with E-state index in [0.717, 1.165) is 33.3 Å². The summed E-state index contributed by atoms with van der Waals surface area (Å²) in [7, 11) is 1.89. The van der Waals surface area contributed by atoms with Gasteiger partial charge >= 0.3 is 0 Å². The lowest BCUT2D eigenvalue weighted by Crippen LogP contribution is -2.31. The highest BCUT2D eigenvalue weighted by Gasteiger charge is 2.22. The molecule has 2 rings (SSSR count). The second kappa shape index (κ2) is 6.62. The van der Waals surface area contributed by atoms with Crippen molar-refractivity contribution in [3.63, 3.8) is 0 Å². The van der Waals surface area contributed by atoms with Crippen molar-refractivity contribution in [1.29, 1.82) is 0 Å². The number of rotatable bonds is 5. The van der Waals surface area contributed by atoms with Gasteiger partial charge in [-0.25, -0.2) is 0 Å². The maximum Gasteiger partial charge on any atom is 0.142 e. The second-order valence-electron chi connectivity index (χ2n) is 5.43. The van der Waals surface area contributed by atoms with Crippen LogP contribution >= 0.6 is 15.9 Å². The van der Waals surface area contributed by atoms with Crippen molar-refractivity contribution < 1.29 is 4.74 Å². The van der Waals surface area contributed by atoms with Gasteiger partial charge in [-0.1, -0.05) is 22.9 Å². The van der Waals surface area contributed by atoms with Crippen molar-refractivity contribution in [2.24, 2.45) is 12.8 Å². The summed E-state index contributed by atoms with van der Waals surface area (Å²) in [5, 5.41) is 4.22. The quantitative estimate of drug-likeness (QED) is 0.894. The Morgan fingerprint density at radius 2 is 1.95 bits per heavy atom. The van der Waals surface area contributed by atoms with Crippen LogP contribution in [0, 0.1) is 13.8 Å². The molecule has 4 nitrogen and oxygen atoms in total. The molecule has 0 bridgehead atoms. The van der Waals surface area contributed by atoms with E-state index in [1.54, 1.807) is 4.68 Å². The SMILES string of the molecule is CCC(N)C(Oc1cc(C)c(Br)c(C)c1)c1cnn(C)c1. The monoisotopic (exact) mass is 351 g/mol. The summed E-state index contributed by atoms with van der Waals surface area (Å²) in [4.78, 5) is 0. The topological polar surface area (TPSA) is 53.1 Å². The van der Waals surface area contributed by atoms with Crippen LogP contribution in [0.4, 0.5) is 0 Å². The maximum absolute atomic E-state index is 6.24. The molecule has 0 aliphatic rings. The molecule has 2 atom stereocenters. The van der Waals surface area contributed by atoms with E-state index in [1.165, 1.54) is 0 Å². The summed E-state index contributed by atoms with van der Waals surface area (Å²) >= 11 is 3.58. The van der Waals surface area contributed by atoms with Gasteiger partial charge in [-0.2, -0.15) is 5.10 Å². The van der Waals surface area contributed by atoms with Crippen LogP contribution in [0.5, 0.6) is 5.75 Å². The lowest BCUT2D eigenvalue weighted by atomic mass is 10.0. The van der Waals surface area contributed by atoms with Crippen molar-refractivity contribution in [3.8, 4) is 5.75 Å². The Balaban J connectivity index is 2.31. The van der Waals surface area contributed by atoms with Crippen LogP contribution in [0.25, 0.3) is 0 Å². The van der Waals surface area contributed by atoms with E-state index in [4.69, 9.17) is 10.5 Å². The van der Waals surface area contributed by atoms with Crippen LogP contribution < -0.4 is 10.5 Å². The van der Waals surface area contributed by atoms with Gasteiger partial charge in [-0.05, 0) is 43.5 Å². The molecule has 0 spiro atoms. The highest BCUT2D eigenvalue weighted by molar-refractivity contribution is 9.10. The summed E-state index contributed by atoms with van der Waals surface area (Å²) in [6, 6.07) is 3.99. The molecular formula is C16H22BrN3O. The zero-order valence-corrected chi connectivity index (χ0v) is 14.5. The molecule has 21 heavy (non-hydrogen) atoms. The van der Waals surface area contributed by atoms with Crippen LogP contribution in [0.15, 0.2) is 29.0 Å². The molecule has 0 saturated heterocycles. The van der Waals surface area contributed by atoms with Gasteiger partial charge in [0.1, 0.15) is 11.9 Å². The first-order valence-corrected chi connectivity index (χ1v) is 7.89. The minimum atomic E-state index is -0.191. The number of nitrogens with zero attached hydrogens (tertiary/aromatic N) is 2. The van der Waals surface area contributed by atoms with E-state index in [2.05, 4.69) is 41.8 Å². The third-order valence-corrected chi connectivity index (χ3v) is 4.84. The first kappa shape index (κ1) is 16.0. The normalized spacial score (nSPS) is 14.0. The Hall–Kier alpha value is -1.33. The molecule has 0 radical (unpaired) electrons. The van der Waals surface area contributed by atoms with Crippen molar-refractivity contribution in [2.45, 2.75) is 39.3 Å². The molecule has 5 heteroatoms. The molecule has 0 aliphatic heterocycles. The Morgan fingerprint density at radius 3 is 2.43 bits per heavy atom. The van der Waals surface area contributed by atoms with Gasteiger partial charge in [-0.15, -0.1) is 0 Å². The fourth-order valence-corrected chi connectivity index (χ4v) is 2.55. The van der Waals surface area contributed by atoms with Crippen molar-refractivity contribution in [2.75, 3.05) is 0 Å². The van der Waals surface area contributed by atoms with Crippen molar-refractivity contribution >= 4 is 15.9 Å². The van der Waals surface area contributed by atoms with Gasteiger partial charge in [-0.3, -0.25) is 4.68 Å². The smallest absolute Gasteiger partial charge is 0.142 e. The molecule has 1 aromatic heterocycles. The average molecular weight is 352 g/mol. The number of nitrogens with two attached hydrogens (primary N) is 1. The second-order valence-corrected chi connectivity index (χ2v) is 6.22. The zero-order chi connectivity index (χ0) is 15.6. The van der Waals surface area contributed by atoms with Crippen molar-refractivity contribution in [3.05, 3.63) is 45.7 Å². The molecule has 0 saturated carbocycles. The summed E-state index contributed by atoms with van der Waals surface area (Å²) in [6.07, 6.45) is 4.43. The summed E-state index contributed by atoms with van der Waals surface area (Å²) in [5.41, 5.74) is 9.55. The van der Waals surface area contributed by atoms with Crippen LogP contribution in [0.2, 0.25) is 0 Å². The van der Waals surface area contributed by atoms with Gasteiger partial charge in [0.2, 0.25) is 0 Å². The van der Waals surface area contributed by atoms with Crippen LogP contribution in [0.1, 0.15) is 36.1 Å². The number of hydrogen-bond donors (Lipinski definition) is 1. The van der Waals surface area contributed by atoms with E-state index >= 15 is 0 Å². The number of aromatic nitrogens is 2. The zero-order valence-electron chi connectivity index (χ0n) is 12.9. The molecule has 0 aliphatic carbocycles. The van der Waals surface area contributed by atoms with Gasteiger partial charge in [0, 0.05) is 29.3 Å². The first-order chi connectivity index (χ1) is 9.92. The predicted octanol–water partition coefficient (Wildman–Crippen LogP) is 3.66. The molecular weight excluding hydrogens is 330 g/mol. The lowest BCUT2D eigenvalue weighted by Gasteiger charge is -2.24. The van der Waals surface area contributed by atoms with Crippen LogP contribution in [0.3, 0.4) is 0 Å². The Kier molecular flexibility index (Phi) is 5.06. The van der Waals surface area contributed by atoms with Crippen LogP contribution in [-0.4, -0.2) is 15.8 Å². The highest BCUT2D eigenvalue weighted by atomic mass is 79.9. The molecule has 0 amide bonds. The van der Waals surface area contributed by atoms with E-state index in [-0.39, 0.29) is 12.1 Å². The number of aryl methyl sites for hydroxylation is 3. The maximum atomic E-state index is 6.24.